The Kier molecular flexibility index (Phi) is 28.3. The van der Waals surface area contributed by atoms with Gasteiger partial charge in [-0.25, -0.2) is 0 Å². The number of rotatable bonds is 6. The maximum Gasteiger partial charge on any atom is -0.0352 e. The highest BCUT2D eigenvalue weighted by Gasteiger charge is 1.77. The molecule has 0 aromatic carbocycles. The monoisotopic (exact) mass is 280 g/mol. The van der Waals surface area contributed by atoms with E-state index in [2.05, 4.69) is 79.7 Å². The van der Waals surface area contributed by atoms with E-state index in [1.807, 2.05) is 0 Å². The maximum atomic E-state index is 2.26. The fourth-order valence-corrected chi connectivity index (χ4v) is 1.32. The Morgan fingerprint density at radius 2 is 0.850 bits per heavy atom. The molecule has 0 rings (SSSR count). The third-order valence-electron chi connectivity index (χ3n) is 2.86. The molecule has 0 aliphatic rings. The quantitative estimate of drug-likeness (QED) is 0.434. The summed E-state index contributed by atoms with van der Waals surface area (Å²) in [7, 11) is 0. The summed E-state index contributed by atoms with van der Waals surface area (Å²) < 4.78 is 0. The Morgan fingerprint density at radius 1 is 0.550 bits per heavy atom. The first-order valence-electron chi connectivity index (χ1n) is 8.49. The Morgan fingerprint density at radius 3 is 0.950 bits per heavy atom. The van der Waals surface area contributed by atoms with Crippen molar-refractivity contribution in [2.75, 3.05) is 0 Å². The van der Waals surface area contributed by atoms with E-state index in [-0.39, 0.29) is 0 Å². The number of allylic oxidation sites excluding steroid dienone is 6. The maximum absolute atomic E-state index is 2.26. The lowest BCUT2D eigenvalue weighted by atomic mass is 10.2. The summed E-state index contributed by atoms with van der Waals surface area (Å²) in [5.74, 6) is 0. The van der Waals surface area contributed by atoms with Gasteiger partial charge >= 0.3 is 0 Å². The van der Waals surface area contributed by atoms with Crippen LogP contribution in [-0.2, 0) is 0 Å². The van der Waals surface area contributed by atoms with Crippen LogP contribution < -0.4 is 0 Å². The van der Waals surface area contributed by atoms with Gasteiger partial charge in [0.1, 0.15) is 0 Å². The minimum Gasteiger partial charge on any atom is -0.0888 e. The molecule has 0 unspecified atom stereocenters. The first kappa shape index (κ1) is 24.3. The molecule has 0 N–H and O–H groups in total. The van der Waals surface area contributed by atoms with Gasteiger partial charge in [0.05, 0.1) is 0 Å². The third-order valence-corrected chi connectivity index (χ3v) is 2.86. The van der Waals surface area contributed by atoms with Crippen molar-refractivity contribution in [1.82, 2.24) is 0 Å². The van der Waals surface area contributed by atoms with E-state index in [9.17, 15) is 0 Å². The molecule has 0 saturated heterocycles. The first-order valence-corrected chi connectivity index (χ1v) is 8.49. The zero-order valence-electron chi connectivity index (χ0n) is 15.6. The van der Waals surface area contributed by atoms with E-state index < -0.39 is 0 Å². The van der Waals surface area contributed by atoms with Crippen molar-refractivity contribution >= 4 is 0 Å². The van der Waals surface area contributed by atoms with E-state index >= 15 is 0 Å². The van der Waals surface area contributed by atoms with Crippen LogP contribution in [0.15, 0.2) is 35.5 Å². The zero-order chi connectivity index (χ0) is 16.2. The van der Waals surface area contributed by atoms with Crippen LogP contribution in [0.5, 0.6) is 0 Å². The molecule has 0 aromatic rings. The summed E-state index contributed by atoms with van der Waals surface area (Å²) in [4.78, 5) is 0. The Balaban J connectivity index is -0.000000218. The van der Waals surface area contributed by atoms with Gasteiger partial charge in [-0.1, -0.05) is 77.0 Å². The van der Waals surface area contributed by atoms with Gasteiger partial charge in [-0.05, 0) is 52.4 Å². The summed E-state index contributed by atoms with van der Waals surface area (Å²) in [6.07, 6.45) is 16.0. The first-order chi connectivity index (χ1) is 9.53. The van der Waals surface area contributed by atoms with Crippen molar-refractivity contribution in [3.63, 3.8) is 0 Å². The van der Waals surface area contributed by atoms with Crippen molar-refractivity contribution in [2.24, 2.45) is 0 Å². The largest absolute Gasteiger partial charge is 0.0888 e. The molecule has 0 heterocycles. The predicted molar refractivity (Wildman–Crippen MR) is 98.4 cm³/mol. The van der Waals surface area contributed by atoms with Gasteiger partial charge < -0.3 is 0 Å². The zero-order valence-corrected chi connectivity index (χ0v) is 15.6. The van der Waals surface area contributed by atoms with Crippen LogP contribution in [0.2, 0.25) is 0 Å². The lowest BCUT2D eigenvalue weighted by molar-refractivity contribution is 1.06. The molecule has 0 amide bonds. The summed E-state index contributed by atoms with van der Waals surface area (Å²) in [6.45, 7) is 17.3. The molecule has 0 saturated carbocycles. The van der Waals surface area contributed by atoms with Crippen molar-refractivity contribution in [3.8, 4) is 0 Å². The second-order valence-corrected chi connectivity index (χ2v) is 4.91. The summed E-state index contributed by atoms with van der Waals surface area (Å²) in [6, 6.07) is 0. The summed E-state index contributed by atoms with van der Waals surface area (Å²) in [5.41, 5.74) is 3.00. The van der Waals surface area contributed by atoms with Crippen molar-refractivity contribution in [2.45, 2.75) is 93.9 Å². The normalized spacial score (nSPS) is 11.6. The predicted octanol–water partition coefficient (Wildman–Crippen LogP) is 7.87. The average molecular weight is 281 g/mol. The van der Waals surface area contributed by atoms with E-state index in [0.29, 0.717) is 0 Å². The lowest BCUT2D eigenvalue weighted by Gasteiger charge is -1.88. The van der Waals surface area contributed by atoms with Crippen molar-refractivity contribution in [1.29, 1.82) is 0 Å². The molecule has 0 radical (unpaired) electrons. The summed E-state index contributed by atoms with van der Waals surface area (Å²) in [5, 5.41) is 0. The van der Waals surface area contributed by atoms with Gasteiger partial charge in [-0.2, -0.15) is 0 Å². The molecule has 0 atom stereocenters. The lowest BCUT2D eigenvalue weighted by Crippen LogP contribution is -1.67. The van der Waals surface area contributed by atoms with Gasteiger partial charge in [0.15, 0.2) is 0 Å². The van der Waals surface area contributed by atoms with E-state index in [4.69, 9.17) is 0 Å². The molecule has 0 aliphatic heterocycles. The second kappa shape index (κ2) is 23.3. The van der Waals surface area contributed by atoms with Crippen LogP contribution in [-0.4, -0.2) is 0 Å². The Labute approximate surface area is 130 Å². The number of hydrogen-bond donors (Lipinski definition) is 0. The van der Waals surface area contributed by atoms with Crippen LogP contribution in [0.1, 0.15) is 93.9 Å². The van der Waals surface area contributed by atoms with Crippen LogP contribution in [0, 0.1) is 0 Å². The van der Waals surface area contributed by atoms with Crippen LogP contribution in [0.25, 0.3) is 0 Å². The topological polar surface area (TPSA) is 0 Å². The third kappa shape index (κ3) is 30.3. The van der Waals surface area contributed by atoms with Crippen LogP contribution >= 0.6 is 0 Å². The molecule has 120 valence electrons. The molecule has 20 heavy (non-hydrogen) atoms. The molecule has 0 bridgehead atoms. The average Bonchev–Trinajstić information content (AvgIpc) is 2.46. The highest BCUT2D eigenvalue weighted by Crippen LogP contribution is 1.98. The molecule has 0 heteroatoms. The standard InChI is InChI=1S/2C7H14.C6H12/c2*1-4-6-7(3)5-2;1-3-5-6-4-2/h2*6H,4-5H2,1-3H3;5-6H,3-4H2,1-2H3. The van der Waals surface area contributed by atoms with Gasteiger partial charge in [0.25, 0.3) is 0 Å². The smallest absolute Gasteiger partial charge is 0.0352 e. The molecule has 0 aromatic heterocycles. The van der Waals surface area contributed by atoms with Gasteiger partial charge in [-0.15, -0.1) is 0 Å². The number of hydrogen-bond acceptors (Lipinski definition) is 0. The van der Waals surface area contributed by atoms with E-state index in [1.54, 1.807) is 0 Å². The highest BCUT2D eigenvalue weighted by molar-refractivity contribution is 4.95. The highest BCUT2D eigenvalue weighted by atomic mass is 13.8. The van der Waals surface area contributed by atoms with Crippen molar-refractivity contribution in [3.05, 3.63) is 35.5 Å². The Hall–Kier alpha value is -0.780. The van der Waals surface area contributed by atoms with Gasteiger partial charge in [0, 0.05) is 0 Å². The van der Waals surface area contributed by atoms with E-state index in [1.165, 1.54) is 49.7 Å². The minimum absolute atomic E-state index is 1.17. The minimum atomic E-state index is 1.17. The molecular formula is C20H40. The van der Waals surface area contributed by atoms with Crippen LogP contribution in [0.3, 0.4) is 0 Å². The molecule has 0 fully saturated rings. The SMILES string of the molecule is CCC=C(C)CC.CCC=C(C)CC.CCC=CCC. The summed E-state index contributed by atoms with van der Waals surface area (Å²) >= 11 is 0. The second-order valence-electron chi connectivity index (χ2n) is 4.91. The fraction of sp³-hybridized carbons (Fsp3) is 0.700. The van der Waals surface area contributed by atoms with Crippen molar-refractivity contribution < 1.29 is 0 Å². The molecule has 0 nitrogen and oxygen atoms in total. The van der Waals surface area contributed by atoms with Gasteiger partial charge in [0.2, 0.25) is 0 Å². The molecule has 0 spiro atoms. The van der Waals surface area contributed by atoms with Gasteiger partial charge in [-0.3, -0.25) is 0 Å². The van der Waals surface area contributed by atoms with Crippen LogP contribution in [0.4, 0.5) is 0 Å². The Bertz CT molecular complexity index is 215. The van der Waals surface area contributed by atoms with E-state index in [0.717, 1.165) is 0 Å². The molecule has 0 aliphatic carbocycles. The fourth-order valence-electron chi connectivity index (χ4n) is 1.32. The molecular weight excluding hydrogens is 240 g/mol.